The minimum Gasteiger partial charge on any atom is -0.383 e. The summed E-state index contributed by atoms with van der Waals surface area (Å²) in [7, 11) is 1.58. The summed E-state index contributed by atoms with van der Waals surface area (Å²) in [4.78, 5) is 15.6. The SMILES string of the molecule is C=C/C(=C\N=C)n1cc(C(=O)NCCOC)c(C)n1. The maximum atomic E-state index is 11.9. The summed E-state index contributed by atoms with van der Waals surface area (Å²) in [5, 5.41) is 6.99. The molecule has 0 aliphatic heterocycles. The van der Waals surface area contributed by atoms with Crippen molar-refractivity contribution in [2.75, 3.05) is 20.3 Å². The molecule has 0 spiro atoms. The molecule has 0 unspecified atom stereocenters. The number of hydrogen-bond donors (Lipinski definition) is 1. The maximum Gasteiger partial charge on any atom is 0.254 e. The zero-order valence-electron chi connectivity index (χ0n) is 11.2. The summed E-state index contributed by atoms with van der Waals surface area (Å²) in [6, 6.07) is 0. The van der Waals surface area contributed by atoms with Crippen LogP contribution in [0.1, 0.15) is 16.1 Å². The number of aromatic nitrogens is 2. The van der Waals surface area contributed by atoms with Crippen molar-refractivity contribution in [1.82, 2.24) is 15.1 Å². The molecule has 6 nitrogen and oxygen atoms in total. The summed E-state index contributed by atoms with van der Waals surface area (Å²) >= 11 is 0. The van der Waals surface area contributed by atoms with Crippen LogP contribution >= 0.6 is 0 Å². The second-order valence-electron chi connectivity index (χ2n) is 3.76. The van der Waals surface area contributed by atoms with Gasteiger partial charge in [0.25, 0.3) is 5.91 Å². The molecule has 0 saturated heterocycles. The predicted octanol–water partition coefficient (Wildman–Crippen LogP) is 1.25. The largest absolute Gasteiger partial charge is 0.383 e. The minimum absolute atomic E-state index is 0.184. The number of nitrogens with one attached hydrogen (secondary N) is 1. The second-order valence-corrected chi connectivity index (χ2v) is 3.76. The van der Waals surface area contributed by atoms with E-state index in [-0.39, 0.29) is 5.91 Å². The fourth-order valence-corrected chi connectivity index (χ4v) is 1.48. The Labute approximate surface area is 112 Å². The molecule has 0 radical (unpaired) electrons. The number of carbonyl (C=O) groups is 1. The zero-order chi connectivity index (χ0) is 14.3. The van der Waals surface area contributed by atoms with E-state index in [1.165, 1.54) is 6.20 Å². The number of amides is 1. The summed E-state index contributed by atoms with van der Waals surface area (Å²) in [6.07, 6.45) is 4.75. The van der Waals surface area contributed by atoms with Gasteiger partial charge in [-0.3, -0.25) is 9.79 Å². The van der Waals surface area contributed by atoms with Crippen LogP contribution in [0.4, 0.5) is 0 Å². The molecule has 1 rings (SSSR count). The van der Waals surface area contributed by atoms with E-state index in [0.717, 1.165) is 0 Å². The van der Waals surface area contributed by atoms with Gasteiger partial charge in [0, 0.05) is 19.9 Å². The number of aryl methyl sites for hydroxylation is 1. The third-order valence-electron chi connectivity index (χ3n) is 2.43. The molecule has 1 amide bonds. The molecule has 1 heterocycles. The van der Waals surface area contributed by atoms with Crippen LogP contribution in [-0.2, 0) is 4.74 Å². The third kappa shape index (κ3) is 3.89. The number of nitrogens with zero attached hydrogens (tertiary/aromatic N) is 3. The quantitative estimate of drug-likeness (QED) is 0.457. The van der Waals surface area contributed by atoms with Gasteiger partial charge in [0.15, 0.2) is 0 Å². The molecule has 0 saturated carbocycles. The predicted molar refractivity (Wildman–Crippen MR) is 75.2 cm³/mol. The lowest BCUT2D eigenvalue weighted by molar-refractivity contribution is 0.0936. The molecule has 0 atom stereocenters. The van der Waals surface area contributed by atoms with Crippen molar-refractivity contribution in [1.29, 1.82) is 0 Å². The van der Waals surface area contributed by atoms with Crippen LogP contribution in [-0.4, -0.2) is 42.7 Å². The number of hydrogen-bond acceptors (Lipinski definition) is 4. The van der Waals surface area contributed by atoms with Crippen molar-refractivity contribution in [2.24, 2.45) is 4.99 Å². The molecular weight excluding hydrogens is 244 g/mol. The molecule has 1 N–H and O–H groups in total. The Morgan fingerprint density at radius 1 is 1.68 bits per heavy atom. The zero-order valence-corrected chi connectivity index (χ0v) is 11.2. The van der Waals surface area contributed by atoms with Gasteiger partial charge in [0.1, 0.15) is 0 Å². The Morgan fingerprint density at radius 3 is 3.00 bits per heavy atom. The van der Waals surface area contributed by atoms with Crippen molar-refractivity contribution >= 4 is 18.3 Å². The topological polar surface area (TPSA) is 68.5 Å². The Bertz CT molecular complexity index is 503. The summed E-state index contributed by atoms with van der Waals surface area (Å²) < 4.78 is 6.42. The van der Waals surface area contributed by atoms with Crippen LogP contribution in [0, 0.1) is 6.92 Å². The second kappa shape index (κ2) is 7.27. The summed E-state index contributed by atoms with van der Waals surface area (Å²) in [5.41, 5.74) is 1.79. The van der Waals surface area contributed by atoms with Crippen molar-refractivity contribution in [3.8, 4) is 0 Å². The molecule has 0 aromatic carbocycles. The van der Waals surface area contributed by atoms with E-state index in [0.29, 0.717) is 30.1 Å². The standard InChI is InChI=1S/C13H18N4O2/c1-5-11(8-14-3)17-9-12(10(2)16-17)13(18)15-6-7-19-4/h5,8-9H,1,3,6-7H2,2,4H3,(H,15,18)/b11-8+. The van der Waals surface area contributed by atoms with Crippen molar-refractivity contribution in [3.05, 3.63) is 36.3 Å². The van der Waals surface area contributed by atoms with E-state index in [1.54, 1.807) is 31.0 Å². The number of ether oxygens (including phenoxy) is 1. The number of allylic oxidation sites excluding steroid dienone is 2. The highest BCUT2D eigenvalue weighted by molar-refractivity contribution is 5.95. The van der Waals surface area contributed by atoms with Gasteiger partial charge in [-0.05, 0) is 19.7 Å². The number of methoxy groups -OCH3 is 1. The molecule has 0 aliphatic carbocycles. The fourth-order valence-electron chi connectivity index (χ4n) is 1.48. The van der Waals surface area contributed by atoms with Crippen molar-refractivity contribution in [3.63, 3.8) is 0 Å². The maximum absolute atomic E-state index is 11.9. The molecule has 1 aromatic rings. The first kappa shape index (κ1) is 14.8. The fraction of sp³-hybridized carbons (Fsp3) is 0.308. The Morgan fingerprint density at radius 2 is 2.42 bits per heavy atom. The minimum atomic E-state index is -0.184. The molecule has 6 heteroatoms. The van der Waals surface area contributed by atoms with Crippen LogP contribution in [0.15, 0.2) is 30.0 Å². The Kier molecular flexibility index (Phi) is 5.69. The first-order valence-corrected chi connectivity index (χ1v) is 5.76. The van der Waals surface area contributed by atoms with E-state index in [1.807, 2.05) is 0 Å². The highest BCUT2D eigenvalue weighted by Crippen LogP contribution is 2.11. The highest BCUT2D eigenvalue weighted by atomic mass is 16.5. The molecule has 0 fully saturated rings. The van der Waals surface area contributed by atoms with Crippen molar-refractivity contribution < 1.29 is 9.53 Å². The molecule has 0 bridgehead atoms. The molecular formula is C13H18N4O2. The first-order chi connectivity index (χ1) is 9.13. The van der Waals surface area contributed by atoms with E-state index in [4.69, 9.17) is 4.74 Å². The third-order valence-corrected chi connectivity index (χ3v) is 2.43. The van der Waals surface area contributed by atoms with E-state index in [9.17, 15) is 4.79 Å². The number of carbonyl (C=O) groups excluding carboxylic acids is 1. The van der Waals surface area contributed by atoms with Gasteiger partial charge in [-0.1, -0.05) is 6.58 Å². The lowest BCUT2D eigenvalue weighted by atomic mass is 10.2. The van der Waals surface area contributed by atoms with E-state index in [2.05, 4.69) is 28.7 Å². The van der Waals surface area contributed by atoms with Crippen LogP contribution < -0.4 is 5.32 Å². The molecule has 0 aliphatic rings. The molecule has 1 aromatic heterocycles. The van der Waals surface area contributed by atoms with E-state index < -0.39 is 0 Å². The smallest absolute Gasteiger partial charge is 0.254 e. The van der Waals surface area contributed by atoms with Gasteiger partial charge in [-0.2, -0.15) is 5.10 Å². The van der Waals surface area contributed by atoms with Crippen LogP contribution in [0.2, 0.25) is 0 Å². The van der Waals surface area contributed by atoms with Gasteiger partial charge in [-0.15, -0.1) is 0 Å². The van der Waals surface area contributed by atoms with Crippen LogP contribution in [0.3, 0.4) is 0 Å². The van der Waals surface area contributed by atoms with Gasteiger partial charge in [0.2, 0.25) is 0 Å². The lowest BCUT2D eigenvalue weighted by Crippen LogP contribution is -2.27. The Hall–Kier alpha value is -2.21. The molecule has 19 heavy (non-hydrogen) atoms. The van der Waals surface area contributed by atoms with Gasteiger partial charge in [-0.25, -0.2) is 4.68 Å². The van der Waals surface area contributed by atoms with Crippen molar-refractivity contribution in [2.45, 2.75) is 6.92 Å². The molecule has 102 valence electrons. The average Bonchev–Trinajstić information content (AvgIpc) is 2.78. The van der Waals surface area contributed by atoms with Gasteiger partial charge in [0.05, 0.1) is 29.8 Å². The normalized spacial score (nSPS) is 11.2. The summed E-state index contributed by atoms with van der Waals surface area (Å²) in [5.74, 6) is -0.184. The van der Waals surface area contributed by atoms with Crippen LogP contribution in [0.5, 0.6) is 0 Å². The highest BCUT2D eigenvalue weighted by Gasteiger charge is 2.13. The number of aliphatic imine (C=N–C) groups is 1. The van der Waals surface area contributed by atoms with Gasteiger partial charge >= 0.3 is 0 Å². The monoisotopic (exact) mass is 262 g/mol. The van der Waals surface area contributed by atoms with Gasteiger partial charge < -0.3 is 10.1 Å². The van der Waals surface area contributed by atoms with Crippen LogP contribution in [0.25, 0.3) is 5.70 Å². The Balaban J connectivity index is 2.90. The average molecular weight is 262 g/mol. The lowest BCUT2D eigenvalue weighted by Gasteiger charge is -2.02. The number of rotatable bonds is 7. The summed E-state index contributed by atoms with van der Waals surface area (Å²) in [6.45, 7) is 9.74. The van der Waals surface area contributed by atoms with E-state index >= 15 is 0 Å². The first-order valence-electron chi connectivity index (χ1n) is 5.76.